The summed E-state index contributed by atoms with van der Waals surface area (Å²) in [4.78, 5) is 72.9. The van der Waals surface area contributed by atoms with Gasteiger partial charge in [0.1, 0.15) is 0 Å². The second-order valence-corrected chi connectivity index (χ2v) is 4.64. The SMILES string of the molecule is Nc1nc2nc[nH]c2c(=O)[nH]1.O=c1cc[nH]c(=O)[nH]1.O=c1cc[nH]c(=O)[nH]1. The van der Waals surface area contributed by atoms with Gasteiger partial charge in [0.25, 0.3) is 16.7 Å². The highest BCUT2D eigenvalue weighted by Gasteiger charge is 2.01. The van der Waals surface area contributed by atoms with Gasteiger partial charge in [-0.1, -0.05) is 0 Å². The summed E-state index contributed by atoms with van der Waals surface area (Å²) in [5.74, 6) is 0.0783. The van der Waals surface area contributed by atoms with Crippen LogP contribution in [0.25, 0.3) is 11.2 Å². The number of aromatic amines is 6. The van der Waals surface area contributed by atoms with Crippen molar-refractivity contribution in [2.75, 3.05) is 5.73 Å². The largest absolute Gasteiger partial charge is 0.369 e. The lowest BCUT2D eigenvalue weighted by Gasteiger charge is -1.89. The Morgan fingerprint density at radius 2 is 1.33 bits per heavy atom. The second kappa shape index (κ2) is 8.56. The number of anilines is 1. The van der Waals surface area contributed by atoms with Crippen LogP contribution in [-0.2, 0) is 0 Å². The summed E-state index contributed by atoms with van der Waals surface area (Å²) in [5.41, 5.74) is 3.94. The van der Waals surface area contributed by atoms with E-state index in [0.29, 0.717) is 11.2 Å². The minimum atomic E-state index is -0.475. The third-order valence-electron chi connectivity index (χ3n) is 2.69. The molecule has 0 radical (unpaired) electrons. The Kier molecular flexibility index (Phi) is 5.97. The van der Waals surface area contributed by atoms with Crippen molar-refractivity contribution in [2.45, 2.75) is 0 Å². The van der Waals surface area contributed by atoms with E-state index in [-0.39, 0.29) is 22.6 Å². The van der Waals surface area contributed by atoms with Crippen LogP contribution in [0.2, 0.25) is 0 Å². The Labute approximate surface area is 146 Å². The van der Waals surface area contributed by atoms with Gasteiger partial charge in [-0.2, -0.15) is 4.98 Å². The van der Waals surface area contributed by atoms with E-state index in [1.807, 2.05) is 9.97 Å². The Morgan fingerprint density at radius 3 is 1.78 bits per heavy atom. The number of hydrogen-bond acceptors (Lipinski definition) is 8. The zero-order chi connectivity index (χ0) is 19.8. The maximum absolute atomic E-state index is 11.0. The predicted molar refractivity (Wildman–Crippen MR) is 94.3 cm³/mol. The summed E-state index contributed by atoms with van der Waals surface area (Å²) < 4.78 is 0. The molecule has 0 saturated heterocycles. The first-order chi connectivity index (χ1) is 12.8. The molecule has 4 aromatic rings. The van der Waals surface area contributed by atoms with Crippen molar-refractivity contribution in [1.82, 2.24) is 39.9 Å². The molecule has 27 heavy (non-hydrogen) atoms. The van der Waals surface area contributed by atoms with Gasteiger partial charge in [0, 0.05) is 24.5 Å². The van der Waals surface area contributed by atoms with Gasteiger partial charge in [0.15, 0.2) is 11.2 Å². The lowest BCUT2D eigenvalue weighted by atomic mass is 10.5. The summed E-state index contributed by atoms with van der Waals surface area (Å²) >= 11 is 0. The van der Waals surface area contributed by atoms with E-state index in [0.717, 1.165) is 0 Å². The molecular formula is C13H13N9O5. The van der Waals surface area contributed by atoms with Crippen molar-refractivity contribution in [3.8, 4) is 0 Å². The summed E-state index contributed by atoms with van der Waals surface area (Å²) in [6, 6.07) is 2.48. The van der Waals surface area contributed by atoms with E-state index in [9.17, 15) is 24.0 Å². The van der Waals surface area contributed by atoms with Crippen LogP contribution >= 0.6 is 0 Å². The average Bonchev–Trinajstić information content (AvgIpc) is 3.04. The quantitative estimate of drug-likeness (QED) is 0.171. The summed E-state index contributed by atoms with van der Waals surface area (Å²) in [5, 5.41) is 0. The zero-order valence-corrected chi connectivity index (χ0v) is 13.4. The third kappa shape index (κ3) is 5.82. The van der Waals surface area contributed by atoms with E-state index in [2.05, 4.69) is 29.9 Å². The van der Waals surface area contributed by atoms with Gasteiger partial charge in [0.2, 0.25) is 5.95 Å². The number of H-pyrrole nitrogens is 6. The molecule has 0 amide bonds. The predicted octanol–water partition coefficient (Wildman–Crippen LogP) is -2.65. The first kappa shape index (κ1) is 18.8. The lowest BCUT2D eigenvalue weighted by molar-refractivity contribution is 1.04. The molecule has 4 heterocycles. The topological polar surface area (TPSA) is 232 Å². The molecule has 140 valence electrons. The van der Waals surface area contributed by atoms with E-state index in [4.69, 9.17) is 5.73 Å². The number of aromatic nitrogens is 8. The van der Waals surface area contributed by atoms with Crippen LogP contribution in [0.1, 0.15) is 0 Å². The zero-order valence-electron chi connectivity index (χ0n) is 13.4. The van der Waals surface area contributed by atoms with E-state index >= 15 is 0 Å². The number of nitrogens with one attached hydrogen (secondary N) is 6. The van der Waals surface area contributed by atoms with Gasteiger partial charge in [0.05, 0.1) is 6.33 Å². The van der Waals surface area contributed by atoms with E-state index < -0.39 is 11.4 Å². The van der Waals surface area contributed by atoms with Crippen LogP contribution in [0.15, 0.2) is 54.8 Å². The number of fused-ring (bicyclic) bond motifs is 1. The van der Waals surface area contributed by atoms with Crippen molar-refractivity contribution < 1.29 is 0 Å². The van der Waals surface area contributed by atoms with Crippen molar-refractivity contribution >= 4 is 17.1 Å². The van der Waals surface area contributed by atoms with Gasteiger partial charge in [-0.15, -0.1) is 0 Å². The monoisotopic (exact) mass is 375 g/mol. The molecule has 14 nitrogen and oxygen atoms in total. The van der Waals surface area contributed by atoms with Crippen molar-refractivity contribution in [2.24, 2.45) is 0 Å². The van der Waals surface area contributed by atoms with Gasteiger partial charge in [-0.05, 0) is 0 Å². The number of nitrogens with zero attached hydrogens (tertiary/aromatic N) is 2. The number of imidazole rings is 1. The molecule has 0 atom stereocenters. The first-order valence-electron chi connectivity index (χ1n) is 7.10. The fourth-order valence-corrected chi connectivity index (χ4v) is 1.63. The van der Waals surface area contributed by atoms with Gasteiger partial charge in [-0.3, -0.25) is 29.3 Å². The van der Waals surface area contributed by atoms with E-state index in [1.54, 1.807) is 0 Å². The number of rotatable bonds is 0. The highest BCUT2D eigenvalue weighted by atomic mass is 16.2. The minimum Gasteiger partial charge on any atom is -0.369 e. The summed E-state index contributed by atoms with van der Waals surface area (Å²) in [7, 11) is 0. The minimum absolute atomic E-state index is 0.0783. The van der Waals surface area contributed by atoms with Crippen LogP contribution in [0.3, 0.4) is 0 Å². The molecule has 0 aliphatic carbocycles. The highest BCUT2D eigenvalue weighted by Crippen LogP contribution is 1.98. The van der Waals surface area contributed by atoms with Crippen molar-refractivity contribution in [1.29, 1.82) is 0 Å². The summed E-state index contributed by atoms with van der Waals surface area (Å²) in [6.07, 6.45) is 3.98. The van der Waals surface area contributed by atoms with Gasteiger partial charge < -0.3 is 20.7 Å². The highest BCUT2D eigenvalue weighted by molar-refractivity contribution is 5.69. The van der Waals surface area contributed by atoms with Crippen LogP contribution in [0.4, 0.5) is 5.95 Å². The van der Waals surface area contributed by atoms with Crippen molar-refractivity contribution in [3.63, 3.8) is 0 Å². The normalized spacial score (nSPS) is 9.63. The van der Waals surface area contributed by atoms with Gasteiger partial charge in [-0.25, -0.2) is 14.6 Å². The number of nitrogens with two attached hydrogens (primary N) is 1. The molecule has 14 heteroatoms. The molecule has 0 unspecified atom stereocenters. The molecule has 4 rings (SSSR count). The molecule has 0 spiro atoms. The molecule has 4 aromatic heterocycles. The number of hydrogen-bond donors (Lipinski definition) is 7. The Morgan fingerprint density at radius 1 is 0.778 bits per heavy atom. The molecular weight excluding hydrogens is 362 g/mol. The smallest absolute Gasteiger partial charge is 0.325 e. The maximum atomic E-state index is 11.0. The number of nitrogen functional groups attached to an aromatic ring is 1. The Balaban J connectivity index is 0.000000149. The fraction of sp³-hybridized carbons (Fsp3) is 0. The Hall–Kier alpha value is -4.49. The molecule has 0 aromatic carbocycles. The van der Waals surface area contributed by atoms with Crippen LogP contribution in [-0.4, -0.2) is 39.9 Å². The van der Waals surface area contributed by atoms with Crippen molar-refractivity contribution in [3.05, 3.63) is 82.9 Å². The van der Waals surface area contributed by atoms with Crippen LogP contribution in [0.5, 0.6) is 0 Å². The van der Waals surface area contributed by atoms with Crippen LogP contribution in [0, 0.1) is 0 Å². The molecule has 8 N–H and O–H groups in total. The molecule has 0 saturated carbocycles. The summed E-state index contributed by atoms with van der Waals surface area (Å²) in [6.45, 7) is 0. The molecule has 0 fully saturated rings. The third-order valence-corrected chi connectivity index (χ3v) is 2.69. The average molecular weight is 375 g/mol. The fourth-order valence-electron chi connectivity index (χ4n) is 1.63. The maximum Gasteiger partial charge on any atom is 0.325 e. The Bertz CT molecular complexity index is 1200. The van der Waals surface area contributed by atoms with Crippen LogP contribution < -0.4 is 33.8 Å². The standard InChI is InChI=1S/C5H5N5O.2C4H4N2O2/c6-5-9-3-2(4(11)10-5)7-1-8-3;2*7-3-1-2-5-4(8)6-3/h1H,(H4,6,7,8,9,10,11);2*1-2H,(H2,5,6,7,8). The molecule has 0 aliphatic rings. The second-order valence-electron chi connectivity index (χ2n) is 4.64. The molecule has 0 aliphatic heterocycles. The molecule has 0 bridgehead atoms. The first-order valence-corrected chi connectivity index (χ1v) is 7.10. The lowest BCUT2D eigenvalue weighted by Crippen LogP contribution is -2.19. The van der Waals surface area contributed by atoms with E-state index in [1.165, 1.54) is 30.9 Å². The van der Waals surface area contributed by atoms with Gasteiger partial charge >= 0.3 is 11.4 Å².